The molecule has 2 amide bonds. The van der Waals surface area contributed by atoms with E-state index in [1.54, 1.807) is 0 Å². The molecule has 3 aromatic carbocycles. The van der Waals surface area contributed by atoms with Crippen LogP contribution in [0.2, 0.25) is 15.1 Å². The van der Waals surface area contributed by atoms with Crippen molar-refractivity contribution in [3.05, 3.63) is 74.7 Å². The summed E-state index contributed by atoms with van der Waals surface area (Å²) in [6.45, 7) is -0.169. The summed E-state index contributed by atoms with van der Waals surface area (Å²) in [5.74, 6) is -2.13. The SMILES string of the molecule is O=C1COc2c(Cl)cc(NC(=O)c3cc(F)c(-c4ccc(F)cc4Cl)cc3Cl)cc2N1. The van der Waals surface area contributed by atoms with Crippen LogP contribution in [0.4, 0.5) is 20.2 Å². The van der Waals surface area contributed by atoms with E-state index >= 15 is 0 Å². The number of fused-ring (bicyclic) bond motifs is 1. The van der Waals surface area contributed by atoms with Crippen molar-refractivity contribution < 1.29 is 23.1 Å². The average Bonchev–Trinajstić information content (AvgIpc) is 2.69. The minimum atomic E-state index is -0.771. The molecule has 4 rings (SSSR count). The Labute approximate surface area is 189 Å². The number of hydrogen-bond acceptors (Lipinski definition) is 3. The van der Waals surface area contributed by atoms with Crippen LogP contribution in [0.1, 0.15) is 10.4 Å². The first-order chi connectivity index (χ1) is 14.7. The van der Waals surface area contributed by atoms with Crippen LogP contribution < -0.4 is 15.4 Å². The van der Waals surface area contributed by atoms with Crippen LogP contribution in [-0.2, 0) is 4.79 Å². The number of nitrogens with one attached hydrogen (secondary N) is 2. The maximum Gasteiger partial charge on any atom is 0.262 e. The lowest BCUT2D eigenvalue weighted by Gasteiger charge is -2.20. The summed E-state index contributed by atoms with van der Waals surface area (Å²) in [5, 5.41) is 5.26. The van der Waals surface area contributed by atoms with E-state index in [0.717, 1.165) is 18.2 Å². The Hall–Kier alpha value is -2.87. The number of halogens is 5. The monoisotopic (exact) mass is 482 g/mol. The maximum absolute atomic E-state index is 14.8. The van der Waals surface area contributed by atoms with Crippen LogP contribution >= 0.6 is 34.8 Å². The zero-order valence-electron chi connectivity index (χ0n) is 15.4. The van der Waals surface area contributed by atoms with Gasteiger partial charge in [0.1, 0.15) is 11.6 Å². The fourth-order valence-electron chi connectivity index (χ4n) is 3.06. The van der Waals surface area contributed by atoms with Gasteiger partial charge in [-0.05, 0) is 42.5 Å². The zero-order valence-corrected chi connectivity index (χ0v) is 17.6. The molecule has 0 aliphatic carbocycles. The molecule has 5 nitrogen and oxygen atoms in total. The molecule has 0 atom stereocenters. The van der Waals surface area contributed by atoms with Crippen LogP contribution in [0.3, 0.4) is 0 Å². The fraction of sp³-hybridized carbons (Fsp3) is 0.0476. The molecule has 31 heavy (non-hydrogen) atoms. The molecule has 0 unspecified atom stereocenters. The van der Waals surface area contributed by atoms with Crippen molar-refractivity contribution in [1.29, 1.82) is 0 Å². The van der Waals surface area contributed by atoms with Gasteiger partial charge in [-0.15, -0.1) is 0 Å². The average molecular weight is 484 g/mol. The Balaban J connectivity index is 1.64. The van der Waals surface area contributed by atoms with Crippen molar-refractivity contribution in [3.8, 4) is 16.9 Å². The molecule has 1 heterocycles. The number of carbonyl (C=O) groups is 2. The van der Waals surface area contributed by atoms with E-state index in [0.29, 0.717) is 0 Å². The topological polar surface area (TPSA) is 67.4 Å². The van der Waals surface area contributed by atoms with E-state index in [4.69, 9.17) is 39.5 Å². The number of ether oxygens (including phenoxy) is 1. The van der Waals surface area contributed by atoms with Crippen molar-refractivity contribution in [2.75, 3.05) is 17.2 Å². The second-order valence-electron chi connectivity index (χ2n) is 6.56. The van der Waals surface area contributed by atoms with Gasteiger partial charge in [0.15, 0.2) is 12.4 Å². The second kappa shape index (κ2) is 8.34. The van der Waals surface area contributed by atoms with Gasteiger partial charge >= 0.3 is 0 Å². The number of amides is 2. The Morgan fingerprint density at radius 1 is 0.968 bits per heavy atom. The highest BCUT2D eigenvalue weighted by Gasteiger charge is 2.22. The van der Waals surface area contributed by atoms with Gasteiger partial charge in [0.05, 0.1) is 26.3 Å². The molecule has 0 radical (unpaired) electrons. The van der Waals surface area contributed by atoms with Crippen LogP contribution in [0.25, 0.3) is 11.1 Å². The Kier molecular flexibility index (Phi) is 5.75. The largest absolute Gasteiger partial charge is 0.480 e. The van der Waals surface area contributed by atoms with Gasteiger partial charge in [-0.25, -0.2) is 8.78 Å². The van der Waals surface area contributed by atoms with Crippen molar-refractivity contribution in [1.82, 2.24) is 0 Å². The summed E-state index contributed by atoms with van der Waals surface area (Å²) in [5.41, 5.74) is 0.629. The van der Waals surface area contributed by atoms with Gasteiger partial charge in [-0.1, -0.05) is 34.8 Å². The Morgan fingerprint density at radius 3 is 2.48 bits per heavy atom. The van der Waals surface area contributed by atoms with Crippen LogP contribution in [0.5, 0.6) is 5.75 Å². The Bertz CT molecular complexity index is 1250. The first-order valence-electron chi connectivity index (χ1n) is 8.75. The third kappa shape index (κ3) is 4.30. The first-order valence-corrected chi connectivity index (χ1v) is 9.88. The smallest absolute Gasteiger partial charge is 0.262 e. The van der Waals surface area contributed by atoms with E-state index < -0.39 is 17.5 Å². The van der Waals surface area contributed by atoms with Gasteiger partial charge in [0, 0.05) is 16.8 Å². The van der Waals surface area contributed by atoms with Gasteiger partial charge in [-0.2, -0.15) is 0 Å². The molecule has 0 bridgehead atoms. The van der Waals surface area contributed by atoms with Crippen molar-refractivity contribution in [2.24, 2.45) is 0 Å². The first kappa shape index (κ1) is 21.4. The summed E-state index contributed by atoms with van der Waals surface area (Å²) < 4.78 is 33.3. The molecule has 3 aromatic rings. The van der Waals surface area contributed by atoms with E-state index in [9.17, 15) is 18.4 Å². The summed E-state index contributed by atoms with van der Waals surface area (Å²) >= 11 is 18.4. The zero-order chi connectivity index (χ0) is 22.3. The number of hydrogen-bond donors (Lipinski definition) is 2. The summed E-state index contributed by atoms with van der Waals surface area (Å²) in [6.07, 6.45) is 0. The van der Waals surface area contributed by atoms with E-state index in [-0.39, 0.29) is 61.4 Å². The van der Waals surface area contributed by atoms with Crippen LogP contribution in [-0.4, -0.2) is 18.4 Å². The third-order valence-corrected chi connectivity index (χ3v) is 5.35. The lowest BCUT2D eigenvalue weighted by molar-refractivity contribution is -0.118. The normalized spacial score (nSPS) is 12.6. The van der Waals surface area contributed by atoms with E-state index in [1.165, 1.54) is 24.3 Å². The molecule has 0 fully saturated rings. The minimum Gasteiger partial charge on any atom is -0.480 e. The van der Waals surface area contributed by atoms with E-state index in [1.807, 2.05) is 0 Å². The molecule has 158 valence electrons. The number of benzene rings is 3. The number of anilines is 2. The highest BCUT2D eigenvalue weighted by atomic mass is 35.5. The molecule has 0 aromatic heterocycles. The highest BCUT2D eigenvalue weighted by Crippen LogP contribution is 2.39. The Morgan fingerprint density at radius 2 is 1.74 bits per heavy atom. The number of carbonyl (C=O) groups excluding carboxylic acids is 2. The molecule has 2 N–H and O–H groups in total. The molecule has 0 saturated carbocycles. The van der Waals surface area contributed by atoms with Gasteiger partial charge in [0.25, 0.3) is 11.8 Å². The predicted octanol–water partition coefficient (Wildman–Crippen LogP) is 6.18. The van der Waals surface area contributed by atoms with Crippen LogP contribution in [0, 0.1) is 11.6 Å². The molecule has 1 aliphatic rings. The minimum absolute atomic E-state index is 0.000125. The fourth-order valence-corrected chi connectivity index (χ4v) is 3.86. The lowest BCUT2D eigenvalue weighted by atomic mass is 10.0. The summed E-state index contributed by atoms with van der Waals surface area (Å²) in [7, 11) is 0. The molecule has 0 saturated heterocycles. The summed E-state index contributed by atoms with van der Waals surface area (Å²) in [4.78, 5) is 24.2. The molecule has 10 heteroatoms. The third-order valence-electron chi connectivity index (χ3n) is 4.45. The van der Waals surface area contributed by atoms with Crippen molar-refractivity contribution in [2.45, 2.75) is 0 Å². The van der Waals surface area contributed by atoms with Gasteiger partial charge < -0.3 is 15.4 Å². The summed E-state index contributed by atoms with van der Waals surface area (Å²) in [6, 6.07) is 8.57. The molecule has 0 spiro atoms. The molecular formula is C21H11Cl3F2N2O3. The molecule has 1 aliphatic heterocycles. The highest BCUT2D eigenvalue weighted by molar-refractivity contribution is 6.36. The predicted molar refractivity (Wildman–Crippen MR) is 115 cm³/mol. The van der Waals surface area contributed by atoms with Crippen molar-refractivity contribution >= 4 is 58.0 Å². The quantitative estimate of drug-likeness (QED) is 0.468. The van der Waals surface area contributed by atoms with Gasteiger partial charge in [-0.3, -0.25) is 9.59 Å². The molecular weight excluding hydrogens is 473 g/mol. The lowest BCUT2D eigenvalue weighted by Crippen LogP contribution is -2.25. The van der Waals surface area contributed by atoms with Crippen molar-refractivity contribution in [3.63, 3.8) is 0 Å². The maximum atomic E-state index is 14.8. The second-order valence-corrected chi connectivity index (χ2v) is 7.78. The van der Waals surface area contributed by atoms with E-state index in [2.05, 4.69) is 10.6 Å². The van der Waals surface area contributed by atoms with Crippen LogP contribution in [0.15, 0.2) is 42.5 Å². The number of rotatable bonds is 3. The standard InChI is InChI=1S/C21H11Cl3F2N2O3/c22-14-3-9(25)1-2-11(14)12-6-15(23)13(7-17(12)26)21(30)27-10-4-16(24)20-18(5-10)28-19(29)8-31-20/h1-7H,8H2,(H,27,30)(H,28,29). The van der Waals surface area contributed by atoms with Gasteiger partial charge in [0.2, 0.25) is 0 Å².